The molecule has 0 fully saturated rings. The molecule has 0 aromatic carbocycles. The second-order valence-electron chi connectivity index (χ2n) is 2.92. The Bertz CT molecular complexity index is 160. The summed E-state index contributed by atoms with van der Waals surface area (Å²) in [5.74, 6) is 0. The van der Waals surface area contributed by atoms with Crippen molar-refractivity contribution >= 4 is 0 Å². The molecule has 0 bridgehead atoms. The number of hydrogen-bond donors (Lipinski definition) is 0. The fraction of sp³-hybridized carbons (Fsp3) is 0.778. The Kier molecular flexibility index (Phi) is 8.51. The van der Waals surface area contributed by atoms with Crippen LogP contribution in [0.1, 0.15) is 38.5 Å². The van der Waals surface area contributed by atoms with Gasteiger partial charge >= 0.3 is 0 Å². The largest absolute Gasteiger partial charge is 0.259 e. The molecule has 0 radical (unpaired) electrons. The molecule has 0 aliphatic carbocycles. The van der Waals surface area contributed by atoms with E-state index in [-0.39, 0.29) is 6.67 Å². The van der Waals surface area contributed by atoms with Gasteiger partial charge in [-0.1, -0.05) is 19.3 Å². The fourth-order valence-corrected chi connectivity index (χ4v) is 1.05. The van der Waals surface area contributed by atoms with E-state index in [1.165, 1.54) is 0 Å². The average Bonchev–Trinajstić information content (AvgIpc) is 2.09. The van der Waals surface area contributed by atoms with Gasteiger partial charge in [-0.15, -0.1) is 0 Å². The molecule has 0 saturated carbocycles. The van der Waals surface area contributed by atoms with Crippen LogP contribution in [-0.2, 0) is 0 Å². The summed E-state index contributed by atoms with van der Waals surface area (Å²) in [4.78, 5) is 9.40. The highest BCUT2D eigenvalue weighted by Gasteiger charge is 1.90. The quantitative estimate of drug-likeness (QED) is 0.334. The molecule has 0 aromatic heterocycles. The van der Waals surface area contributed by atoms with Crippen LogP contribution < -0.4 is 0 Å². The van der Waals surface area contributed by atoms with Crippen molar-refractivity contribution in [1.82, 2.24) is 0 Å². The number of nitro groups is 1. The highest BCUT2D eigenvalue weighted by molar-refractivity contribution is 4.71. The molecule has 0 N–H and O–H groups in total. The number of hydrogen-bond acceptors (Lipinski definition) is 2. The Hall–Kier alpha value is -0.930. The first kappa shape index (κ1) is 12.1. The molecule has 4 heteroatoms. The van der Waals surface area contributed by atoms with Crippen LogP contribution in [0.25, 0.3) is 0 Å². The maximum Gasteiger partial charge on any atom is 0.230 e. The van der Waals surface area contributed by atoms with Gasteiger partial charge in [0.2, 0.25) is 6.20 Å². The lowest BCUT2D eigenvalue weighted by Gasteiger charge is -1.95. The lowest BCUT2D eigenvalue weighted by Crippen LogP contribution is -1.83. The van der Waals surface area contributed by atoms with Crippen molar-refractivity contribution in [1.29, 1.82) is 0 Å². The number of rotatable bonds is 8. The standard InChI is InChI=1S/C9H16FNO2/c10-8-6-4-2-1-3-5-7-9-11(12)13/h7,9H,1-6,8H2/b9-7+. The molecule has 0 aromatic rings. The van der Waals surface area contributed by atoms with Gasteiger partial charge in [-0.25, -0.2) is 0 Å². The molecule has 0 aliphatic heterocycles. The Morgan fingerprint density at radius 1 is 1.15 bits per heavy atom. The third-order valence-corrected chi connectivity index (χ3v) is 1.73. The first-order chi connectivity index (χ1) is 6.27. The van der Waals surface area contributed by atoms with E-state index in [2.05, 4.69) is 0 Å². The smallest absolute Gasteiger partial charge is 0.230 e. The first-order valence-corrected chi connectivity index (χ1v) is 4.63. The van der Waals surface area contributed by atoms with E-state index in [0.29, 0.717) is 6.42 Å². The van der Waals surface area contributed by atoms with E-state index in [1.54, 1.807) is 6.08 Å². The number of alkyl halides is 1. The van der Waals surface area contributed by atoms with Gasteiger partial charge < -0.3 is 0 Å². The number of nitrogens with zero attached hydrogens (tertiary/aromatic N) is 1. The molecule has 13 heavy (non-hydrogen) atoms. The first-order valence-electron chi connectivity index (χ1n) is 4.63. The molecule has 0 heterocycles. The molecular weight excluding hydrogens is 173 g/mol. The van der Waals surface area contributed by atoms with Crippen LogP contribution in [0.3, 0.4) is 0 Å². The van der Waals surface area contributed by atoms with Crippen LogP contribution in [0, 0.1) is 10.1 Å². The third-order valence-electron chi connectivity index (χ3n) is 1.73. The third kappa shape index (κ3) is 11.1. The van der Waals surface area contributed by atoms with Crippen LogP contribution in [0.5, 0.6) is 0 Å². The van der Waals surface area contributed by atoms with Gasteiger partial charge in [-0.05, 0) is 25.3 Å². The van der Waals surface area contributed by atoms with Gasteiger partial charge in [-0.3, -0.25) is 14.5 Å². The van der Waals surface area contributed by atoms with Crippen LogP contribution in [0.2, 0.25) is 0 Å². The predicted molar refractivity (Wildman–Crippen MR) is 49.8 cm³/mol. The summed E-state index contributed by atoms with van der Waals surface area (Å²) in [6, 6.07) is 0. The van der Waals surface area contributed by atoms with Gasteiger partial charge in [0.25, 0.3) is 0 Å². The number of allylic oxidation sites excluding steroid dienone is 1. The predicted octanol–water partition coefficient (Wildman–Crippen LogP) is 3.09. The van der Waals surface area contributed by atoms with Crippen LogP contribution in [0.4, 0.5) is 4.39 Å². The second-order valence-corrected chi connectivity index (χ2v) is 2.92. The molecule has 76 valence electrons. The summed E-state index contributed by atoms with van der Waals surface area (Å²) < 4.78 is 11.6. The summed E-state index contributed by atoms with van der Waals surface area (Å²) in [7, 11) is 0. The Morgan fingerprint density at radius 2 is 1.77 bits per heavy atom. The zero-order chi connectivity index (χ0) is 9.94. The van der Waals surface area contributed by atoms with Crippen LogP contribution in [0.15, 0.2) is 12.3 Å². The summed E-state index contributed by atoms with van der Waals surface area (Å²) >= 11 is 0. The number of unbranched alkanes of at least 4 members (excludes halogenated alkanes) is 5. The van der Waals surface area contributed by atoms with E-state index in [0.717, 1.165) is 38.3 Å². The Morgan fingerprint density at radius 3 is 2.38 bits per heavy atom. The maximum atomic E-state index is 11.6. The van der Waals surface area contributed by atoms with Gasteiger partial charge in [0.1, 0.15) is 0 Å². The number of halogens is 1. The van der Waals surface area contributed by atoms with Crippen molar-refractivity contribution in [3.63, 3.8) is 0 Å². The highest BCUT2D eigenvalue weighted by Crippen LogP contribution is 2.05. The van der Waals surface area contributed by atoms with Crippen molar-refractivity contribution in [3.05, 3.63) is 22.4 Å². The molecule has 0 amide bonds. The van der Waals surface area contributed by atoms with E-state index >= 15 is 0 Å². The van der Waals surface area contributed by atoms with E-state index in [4.69, 9.17) is 0 Å². The molecule has 3 nitrogen and oxygen atoms in total. The normalized spacial score (nSPS) is 10.8. The summed E-state index contributed by atoms with van der Waals surface area (Å²) in [6.07, 6.45) is 7.86. The SMILES string of the molecule is O=[N+]([O-])/C=C/CCCCCCCF. The molecule has 0 saturated heterocycles. The van der Waals surface area contributed by atoms with Gasteiger partial charge in [0, 0.05) is 0 Å². The van der Waals surface area contributed by atoms with Crippen molar-refractivity contribution in [2.45, 2.75) is 38.5 Å². The molecular formula is C9H16FNO2. The van der Waals surface area contributed by atoms with Crippen molar-refractivity contribution in [3.8, 4) is 0 Å². The van der Waals surface area contributed by atoms with Gasteiger partial charge in [0.05, 0.1) is 11.6 Å². The van der Waals surface area contributed by atoms with E-state index < -0.39 is 4.92 Å². The topological polar surface area (TPSA) is 43.1 Å². The monoisotopic (exact) mass is 189 g/mol. The van der Waals surface area contributed by atoms with Gasteiger partial charge in [-0.2, -0.15) is 0 Å². The minimum atomic E-state index is -0.455. The molecule has 0 spiro atoms. The fourth-order valence-electron chi connectivity index (χ4n) is 1.05. The van der Waals surface area contributed by atoms with Crippen molar-refractivity contribution in [2.24, 2.45) is 0 Å². The lowest BCUT2D eigenvalue weighted by molar-refractivity contribution is -0.402. The van der Waals surface area contributed by atoms with Crippen molar-refractivity contribution < 1.29 is 9.31 Å². The van der Waals surface area contributed by atoms with Crippen LogP contribution in [-0.4, -0.2) is 11.6 Å². The summed E-state index contributed by atoms with van der Waals surface area (Å²) in [5, 5.41) is 9.85. The molecule has 0 rings (SSSR count). The lowest BCUT2D eigenvalue weighted by atomic mass is 10.1. The summed E-state index contributed by atoms with van der Waals surface area (Å²) in [6.45, 7) is -0.235. The van der Waals surface area contributed by atoms with E-state index in [1.807, 2.05) is 0 Å². The molecule has 0 atom stereocenters. The Labute approximate surface area is 77.8 Å². The zero-order valence-corrected chi connectivity index (χ0v) is 7.75. The molecule has 0 unspecified atom stereocenters. The average molecular weight is 189 g/mol. The minimum Gasteiger partial charge on any atom is -0.259 e. The maximum absolute atomic E-state index is 11.6. The van der Waals surface area contributed by atoms with Crippen LogP contribution >= 0.6 is 0 Å². The minimum absolute atomic E-state index is 0.235. The molecule has 0 aliphatic rings. The summed E-state index contributed by atoms with van der Waals surface area (Å²) in [5.41, 5.74) is 0. The van der Waals surface area contributed by atoms with E-state index in [9.17, 15) is 14.5 Å². The van der Waals surface area contributed by atoms with Crippen molar-refractivity contribution in [2.75, 3.05) is 6.67 Å². The van der Waals surface area contributed by atoms with Gasteiger partial charge in [0.15, 0.2) is 0 Å². The highest BCUT2D eigenvalue weighted by atomic mass is 19.1. The Balaban J connectivity index is 3.03. The second kappa shape index (κ2) is 9.16. The zero-order valence-electron chi connectivity index (χ0n) is 7.75.